The van der Waals surface area contributed by atoms with Gasteiger partial charge in [-0.05, 0) is 54.3 Å². The Balaban J connectivity index is 1.17. The van der Waals surface area contributed by atoms with Gasteiger partial charge < -0.3 is 19.4 Å². The first kappa shape index (κ1) is 20.5. The molecule has 5 rings (SSSR count). The first-order valence-corrected chi connectivity index (χ1v) is 11.0. The van der Waals surface area contributed by atoms with Gasteiger partial charge in [0.1, 0.15) is 11.6 Å². The number of benzene rings is 2. The van der Waals surface area contributed by atoms with Crippen LogP contribution in [0.25, 0.3) is 16.7 Å². The van der Waals surface area contributed by atoms with E-state index in [1.54, 1.807) is 6.20 Å². The number of aromatic nitrogens is 3. The van der Waals surface area contributed by atoms with Crippen LogP contribution < -0.4 is 10.1 Å². The number of ether oxygens (including phenoxy) is 2. The number of rotatable bonds is 8. The molecule has 2 aromatic carbocycles. The summed E-state index contributed by atoms with van der Waals surface area (Å²) in [4.78, 5) is 11.5. The van der Waals surface area contributed by atoms with Gasteiger partial charge in [0.25, 0.3) is 0 Å². The Labute approximate surface area is 187 Å². The Morgan fingerprint density at radius 2 is 1.81 bits per heavy atom. The van der Waals surface area contributed by atoms with Crippen molar-refractivity contribution >= 4 is 22.5 Å². The molecule has 0 aliphatic carbocycles. The highest BCUT2D eigenvalue weighted by molar-refractivity contribution is 5.81. The molecule has 0 atom stereocenters. The number of para-hydroxylation sites is 1. The van der Waals surface area contributed by atoms with E-state index in [1.165, 1.54) is 5.39 Å². The predicted octanol–water partition coefficient (Wildman–Crippen LogP) is 4.27. The van der Waals surface area contributed by atoms with Gasteiger partial charge in [0.2, 0.25) is 5.95 Å². The molecule has 7 nitrogen and oxygen atoms in total. The molecular weight excluding hydrogens is 402 g/mol. The van der Waals surface area contributed by atoms with Crippen LogP contribution in [0.1, 0.15) is 6.42 Å². The molecule has 3 heterocycles. The highest BCUT2D eigenvalue weighted by atomic mass is 16.5. The van der Waals surface area contributed by atoms with Crippen molar-refractivity contribution in [3.05, 3.63) is 73.1 Å². The van der Waals surface area contributed by atoms with Crippen LogP contribution >= 0.6 is 0 Å². The summed E-state index contributed by atoms with van der Waals surface area (Å²) in [6.07, 6.45) is 4.81. The molecule has 1 N–H and O–H groups in total. The van der Waals surface area contributed by atoms with Crippen LogP contribution in [0.4, 0.5) is 11.6 Å². The monoisotopic (exact) mass is 429 g/mol. The molecule has 4 aromatic rings. The van der Waals surface area contributed by atoms with E-state index in [1.807, 2.05) is 48.7 Å². The largest absolute Gasteiger partial charge is 0.494 e. The second kappa shape index (κ2) is 9.80. The Morgan fingerprint density at radius 1 is 0.969 bits per heavy atom. The number of nitrogens with one attached hydrogen (secondary N) is 1. The van der Waals surface area contributed by atoms with Gasteiger partial charge >= 0.3 is 0 Å². The molecule has 1 fully saturated rings. The minimum Gasteiger partial charge on any atom is -0.494 e. The van der Waals surface area contributed by atoms with Crippen molar-refractivity contribution < 1.29 is 9.47 Å². The fraction of sp³-hybridized carbons (Fsp3) is 0.280. The Hall–Kier alpha value is -3.42. The molecule has 0 saturated carbocycles. The number of hydrogen-bond acceptors (Lipinski definition) is 6. The summed E-state index contributed by atoms with van der Waals surface area (Å²) in [7, 11) is 0. The molecule has 32 heavy (non-hydrogen) atoms. The number of hydrogen-bond donors (Lipinski definition) is 1. The van der Waals surface area contributed by atoms with E-state index in [0.717, 1.165) is 62.0 Å². The van der Waals surface area contributed by atoms with Gasteiger partial charge in [0.15, 0.2) is 0 Å². The van der Waals surface area contributed by atoms with Crippen molar-refractivity contribution in [3.8, 4) is 11.6 Å². The Morgan fingerprint density at radius 3 is 2.69 bits per heavy atom. The van der Waals surface area contributed by atoms with Crippen molar-refractivity contribution in [3.63, 3.8) is 0 Å². The van der Waals surface area contributed by atoms with Crippen molar-refractivity contribution in [2.45, 2.75) is 6.42 Å². The highest BCUT2D eigenvalue weighted by Gasteiger charge is 2.09. The maximum atomic E-state index is 5.89. The van der Waals surface area contributed by atoms with Gasteiger partial charge in [0, 0.05) is 37.7 Å². The Bertz CT molecular complexity index is 1150. The summed E-state index contributed by atoms with van der Waals surface area (Å²) in [6.45, 7) is 5.47. The van der Waals surface area contributed by atoms with Crippen molar-refractivity contribution in [2.24, 2.45) is 0 Å². The van der Waals surface area contributed by atoms with E-state index < -0.39 is 0 Å². The standard InChI is InChI=1S/C25H27N5O2/c1-2-5-23-20(4-1)11-14-30(23)24-10-12-26-25(28-24)27-21-6-8-22(9-7-21)32-17-3-13-29-15-18-31-19-16-29/h1-2,4-12,14H,3,13,15-19H2,(H,26,27,28). The Kier molecular flexibility index (Phi) is 6.28. The smallest absolute Gasteiger partial charge is 0.229 e. The number of anilines is 2. The number of morpholine rings is 1. The maximum absolute atomic E-state index is 5.89. The second-order valence-electron chi connectivity index (χ2n) is 7.79. The lowest BCUT2D eigenvalue weighted by Gasteiger charge is -2.26. The molecule has 164 valence electrons. The van der Waals surface area contributed by atoms with Crippen molar-refractivity contribution in [1.29, 1.82) is 0 Å². The van der Waals surface area contributed by atoms with Gasteiger partial charge in [-0.2, -0.15) is 4.98 Å². The zero-order valence-electron chi connectivity index (χ0n) is 18.0. The molecule has 0 radical (unpaired) electrons. The number of nitrogens with zero attached hydrogens (tertiary/aromatic N) is 4. The summed E-state index contributed by atoms with van der Waals surface area (Å²) >= 11 is 0. The molecule has 0 bridgehead atoms. The third-order valence-electron chi connectivity index (χ3n) is 5.59. The van der Waals surface area contributed by atoms with Gasteiger partial charge in [-0.1, -0.05) is 18.2 Å². The topological polar surface area (TPSA) is 64.4 Å². The van der Waals surface area contributed by atoms with E-state index in [0.29, 0.717) is 12.6 Å². The average molecular weight is 430 g/mol. The molecular formula is C25H27N5O2. The summed E-state index contributed by atoms with van der Waals surface area (Å²) < 4.78 is 13.3. The van der Waals surface area contributed by atoms with E-state index in [-0.39, 0.29) is 0 Å². The maximum Gasteiger partial charge on any atom is 0.229 e. The zero-order chi connectivity index (χ0) is 21.6. The molecule has 1 saturated heterocycles. The van der Waals surface area contributed by atoms with Gasteiger partial charge in [-0.25, -0.2) is 4.98 Å². The van der Waals surface area contributed by atoms with Crippen LogP contribution in [0.3, 0.4) is 0 Å². The second-order valence-corrected chi connectivity index (χ2v) is 7.79. The summed E-state index contributed by atoms with van der Waals surface area (Å²) in [5.41, 5.74) is 2.03. The predicted molar refractivity (Wildman–Crippen MR) is 126 cm³/mol. The first-order chi connectivity index (χ1) is 15.8. The van der Waals surface area contributed by atoms with Crippen molar-refractivity contribution in [2.75, 3.05) is 44.8 Å². The van der Waals surface area contributed by atoms with Crippen LogP contribution in [-0.4, -0.2) is 58.9 Å². The lowest BCUT2D eigenvalue weighted by molar-refractivity contribution is 0.0358. The SMILES string of the molecule is c1ccc2c(c1)ccn2-c1ccnc(Nc2ccc(OCCCN3CCOCC3)cc2)n1. The molecule has 1 aliphatic rings. The van der Waals surface area contributed by atoms with Gasteiger partial charge in [0.05, 0.1) is 25.3 Å². The first-order valence-electron chi connectivity index (χ1n) is 11.0. The summed E-state index contributed by atoms with van der Waals surface area (Å²) in [6, 6.07) is 20.2. The fourth-order valence-electron chi connectivity index (χ4n) is 3.89. The number of fused-ring (bicyclic) bond motifs is 1. The molecule has 7 heteroatoms. The lowest BCUT2D eigenvalue weighted by Crippen LogP contribution is -2.37. The van der Waals surface area contributed by atoms with Crippen LogP contribution in [0.15, 0.2) is 73.1 Å². The normalized spacial score (nSPS) is 14.5. The van der Waals surface area contributed by atoms with Crippen LogP contribution in [0, 0.1) is 0 Å². The molecule has 0 spiro atoms. The van der Waals surface area contributed by atoms with E-state index in [9.17, 15) is 0 Å². The zero-order valence-corrected chi connectivity index (χ0v) is 18.0. The molecule has 1 aliphatic heterocycles. The minimum atomic E-state index is 0.555. The van der Waals surface area contributed by atoms with E-state index in [4.69, 9.17) is 9.47 Å². The van der Waals surface area contributed by atoms with E-state index in [2.05, 4.69) is 43.0 Å². The van der Waals surface area contributed by atoms with E-state index >= 15 is 0 Å². The highest BCUT2D eigenvalue weighted by Crippen LogP contribution is 2.21. The molecule has 0 amide bonds. The average Bonchev–Trinajstić information content (AvgIpc) is 3.28. The van der Waals surface area contributed by atoms with Gasteiger partial charge in [-0.3, -0.25) is 4.90 Å². The van der Waals surface area contributed by atoms with Crippen LogP contribution in [0.2, 0.25) is 0 Å². The summed E-state index contributed by atoms with van der Waals surface area (Å²) in [5.74, 6) is 2.24. The van der Waals surface area contributed by atoms with Crippen LogP contribution in [-0.2, 0) is 4.74 Å². The minimum absolute atomic E-state index is 0.555. The summed E-state index contributed by atoms with van der Waals surface area (Å²) in [5, 5.41) is 4.46. The third-order valence-corrected chi connectivity index (χ3v) is 5.59. The quantitative estimate of drug-likeness (QED) is 0.422. The lowest BCUT2D eigenvalue weighted by atomic mass is 10.2. The van der Waals surface area contributed by atoms with Gasteiger partial charge in [-0.15, -0.1) is 0 Å². The third kappa shape index (κ3) is 4.90. The molecule has 0 unspecified atom stereocenters. The fourth-order valence-corrected chi connectivity index (χ4v) is 3.89. The van der Waals surface area contributed by atoms with Crippen LogP contribution in [0.5, 0.6) is 5.75 Å². The molecule has 2 aromatic heterocycles. The van der Waals surface area contributed by atoms with Crippen molar-refractivity contribution in [1.82, 2.24) is 19.4 Å².